The maximum absolute atomic E-state index is 11.9. The van der Waals surface area contributed by atoms with Crippen LogP contribution >= 0.6 is 0 Å². The van der Waals surface area contributed by atoms with E-state index in [0.29, 0.717) is 18.7 Å². The number of hydrogen-bond acceptors (Lipinski definition) is 3. The van der Waals surface area contributed by atoms with Crippen molar-refractivity contribution in [3.05, 3.63) is 29.3 Å². The molecule has 1 aliphatic heterocycles. The van der Waals surface area contributed by atoms with E-state index in [4.69, 9.17) is 0 Å². The number of carbonyl (C=O) groups excluding carboxylic acids is 1. The van der Waals surface area contributed by atoms with Gasteiger partial charge in [-0.15, -0.1) is 0 Å². The third-order valence-corrected chi connectivity index (χ3v) is 4.16. The van der Waals surface area contributed by atoms with Gasteiger partial charge >= 0.3 is 10.2 Å². The molecule has 0 spiro atoms. The van der Waals surface area contributed by atoms with Gasteiger partial charge in [-0.05, 0) is 30.5 Å². The molecule has 2 rings (SSSR count). The van der Waals surface area contributed by atoms with E-state index in [1.165, 1.54) is 11.2 Å². The Morgan fingerprint density at radius 2 is 2.12 bits per heavy atom. The molecule has 0 fully saturated rings. The van der Waals surface area contributed by atoms with Crippen LogP contribution in [0.4, 0.5) is 5.69 Å². The Hall–Kier alpha value is -1.56. The second-order valence-corrected chi connectivity index (χ2v) is 5.71. The smallest absolute Gasteiger partial charge is 0.274 e. The van der Waals surface area contributed by atoms with Crippen LogP contribution in [0.3, 0.4) is 0 Å². The molecule has 6 heteroatoms. The molecule has 0 aromatic heterocycles. The van der Waals surface area contributed by atoms with Crippen molar-refractivity contribution >= 4 is 21.8 Å². The second-order valence-electron chi connectivity index (χ2n) is 4.12. The van der Waals surface area contributed by atoms with Gasteiger partial charge in [0.1, 0.15) is 0 Å². The Balaban J connectivity index is 2.40. The molecule has 17 heavy (non-hydrogen) atoms. The molecule has 1 amide bonds. The summed E-state index contributed by atoms with van der Waals surface area (Å²) in [6.07, 6.45) is 0.675. The molecule has 0 radical (unpaired) electrons. The van der Waals surface area contributed by atoms with Crippen LogP contribution in [-0.2, 0) is 21.4 Å². The van der Waals surface area contributed by atoms with Crippen LogP contribution in [0.1, 0.15) is 18.1 Å². The summed E-state index contributed by atoms with van der Waals surface area (Å²) in [5, 5.41) is 0. The van der Waals surface area contributed by atoms with Crippen molar-refractivity contribution in [2.45, 2.75) is 20.3 Å². The van der Waals surface area contributed by atoms with Gasteiger partial charge < -0.3 is 0 Å². The minimum atomic E-state index is -3.76. The molecule has 1 heterocycles. The first kappa shape index (κ1) is 11.9. The van der Waals surface area contributed by atoms with E-state index < -0.39 is 16.1 Å². The highest BCUT2D eigenvalue weighted by Gasteiger charge is 2.29. The monoisotopic (exact) mass is 254 g/mol. The highest BCUT2D eigenvalue weighted by atomic mass is 32.2. The van der Waals surface area contributed by atoms with Crippen LogP contribution in [0.5, 0.6) is 0 Å². The molecule has 0 aliphatic carbocycles. The number of amides is 1. The standard InChI is InChI=1S/C11H14N2O3S/c1-8-3-4-10-5-6-13(11(10)7-8)17(15,16)12-9(2)14/h3-4,7H,5-6H2,1-2H3,(H,12,14). The number of fused-ring (bicyclic) bond motifs is 1. The maximum Gasteiger partial charge on any atom is 0.326 e. The van der Waals surface area contributed by atoms with Crippen molar-refractivity contribution in [1.29, 1.82) is 0 Å². The van der Waals surface area contributed by atoms with E-state index in [1.807, 2.05) is 29.8 Å². The average molecular weight is 254 g/mol. The fraction of sp³-hybridized carbons (Fsp3) is 0.364. The number of aryl methyl sites for hydroxylation is 1. The van der Waals surface area contributed by atoms with Gasteiger partial charge in [-0.25, -0.2) is 4.72 Å². The molecule has 5 nitrogen and oxygen atoms in total. The zero-order valence-electron chi connectivity index (χ0n) is 9.73. The summed E-state index contributed by atoms with van der Waals surface area (Å²) >= 11 is 0. The predicted molar refractivity (Wildman–Crippen MR) is 65.0 cm³/mol. The summed E-state index contributed by atoms with van der Waals surface area (Å²) in [7, 11) is -3.76. The first-order valence-corrected chi connectivity index (χ1v) is 6.75. The molecule has 0 saturated heterocycles. The van der Waals surface area contributed by atoms with Gasteiger partial charge in [-0.2, -0.15) is 8.42 Å². The van der Waals surface area contributed by atoms with Gasteiger partial charge in [0.15, 0.2) is 0 Å². The summed E-state index contributed by atoms with van der Waals surface area (Å²) in [6.45, 7) is 3.47. The SMILES string of the molecule is CC(=O)NS(=O)(=O)N1CCc2ccc(C)cc21. The molecule has 0 bridgehead atoms. The van der Waals surface area contributed by atoms with Crippen molar-refractivity contribution in [2.24, 2.45) is 0 Å². The quantitative estimate of drug-likeness (QED) is 0.846. The van der Waals surface area contributed by atoms with Crippen LogP contribution in [0.15, 0.2) is 18.2 Å². The second kappa shape index (κ2) is 4.03. The molecule has 92 valence electrons. The van der Waals surface area contributed by atoms with Crippen molar-refractivity contribution in [3.8, 4) is 0 Å². The van der Waals surface area contributed by atoms with Crippen LogP contribution in [0, 0.1) is 6.92 Å². The lowest BCUT2D eigenvalue weighted by molar-refractivity contribution is -0.117. The Morgan fingerprint density at radius 1 is 1.41 bits per heavy atom. The lowest BCUT2D eigenvalue weighted by Gasteiger charge is -2.19. The minimum absolute atomic E-state index is 0.376. The van der Waals surface area contributed by atoms with Gasteiger partial charge in [0.25, 0.3) is 0 Å². The van der Waals surface area contributed by atoms with Gasteiger partial charge in [0.2, 0.25) is 5.91 Å². The summed E-state index contributed by atoms with van der Waals surface area (Å²) in [5.41, 5.74) is 2.65. The highest BCUT2D eigenvalue weighted by molar-refractivity contribution is 7.91. The highest BCUT2D eigenvalue weighted by Crippen LogP contribution is 2.30. The molecule has 1 aromatic rings. The number of anilines is 1. The van der Waals surface area contributed by atoms with E-state index in [1.54, 1.807) is 0 Å². The molecule has 1 aliphatic rings. The van der Waals surface area contributed by atoms with Crippen molar-refractivity contribution in [1.82, 2.24) is 4.72 Å². The van der Waals surface area contributed by atoms with Gasteiger partial charge in [0, 0.05) is 13.5 Å². The van der Waals surface area contributed by atoms with Gasteiger partial charge in [0.05, 0.1) is 5.69 Å². The summed E-state index contributed by atoms with van der Waals surface area (Å²) < 4.78 is 27.0. The number of nitrogens with one attached hydrogen (secondary N) is 1. The number of carbonyl (C=O) groups is 1. The Labute approximate surface area is 101 Å². The zero-order chi connectivity index (χ0) is 12.6. The van der Waals surface area contributed by atoms with E-state index in [0.717, 1.165) is 11.1 Å². The Bertz CT molecular complexity index is 566. The third-order valence-electron chi connectivity index (χ3n) is 2.66. The van der Waals surface area contributed by atoms with E-state index in [9.17, 15) is 13.2 Å². The van der Waals surface area contributed by atoms with E-state index in [-0.39, 0.29) is 0 Å². The molecule has 0 unspecified atom stereocenters. The molecular formula is C11H14N2O3S. The fourth-order valence-corrected chi connectivity index (χ4v) is 3.18. The number of nitrogens with zero attached hydrogens (tertiary/aromatic N) is 1. The van der Waals surface area contributed by atoms with Crippen LogP contribution in [0.2, 0.25) is 0 Å². The number of hydrogen-bond donors (Lipinski definition) is 1. The molecule has 1 N–H and O–H groups in total. The molecule has 0 saturated carbocycles. The zero-order valence-corrected chi connectivity index (χ0v) is 10.5. The largest absolute Gasteiger partial charge is 0.326 e. The van der Waals surface area contributed by atoms with Crippen LogP contribution in [0.25, 0.3) is 0 Å². The summed E-state index contributed by atoms with van der Waals surface area (Å²) in [5.74, 6) is -0.578. The minimum Gasteiger partial charge on any atom is -0.274 e. The normalized spacial score (nSPS) is 14.6. The molecule has 0 atom stereocenters. The fourth-order valence-electron chi connectivity index (χ4n) is 1.95. The van der Waals surface area contributed by atoms with E-state index >= 15 is 0 Å². The third kappa shape index (κ3) is 2.26. The topological polar surface area (TPSA) is 66.5 Å². The van der Waals surface area contributed by atoms with Gasteiger partial charge in [-0.1, -0.05) is 12.1 Å². The van der Waals surface area contributed by atoms with Crippen LogP contribution < -0.4 is 9.03 Å². The first-order chi connectivity index (χ1) is 7.90. The van der Waals surface area contributed by atoms with E-state index in [2.05, 4.69) is 0 Å². The maximum atomic E-state index is 11.9. The summed E-state index contributed by atoms with van der Waals surface area (Å²) in [4.78, 5) is 10.9. The van der Waals surface area contributed by atoms with Crippen LogP contribution in [-0.4, -0.2) is 20.9 Å². The molecule has 1 aromatic carbocycles. The lowest BCUT2D eigenvalue weighted by Crippen LogP contribution is -2.41. The number of rotatable bonds is 2. The van der Waals surface area contributed by atoms with Crippen molar-refractivity contribution in [2.75, 3.05) is 10.8 Å². The average Bonchev–Trinajstić information content (AvgIpc) is 2.58. The van der Waals surface area contributed by atoms with Crippen molar-refractivity contribution < 1.29 is 13.2 Å². The molecular weight excluding hydrogens is 240 g/mol. The Kier molecular flexibility index (Phi) is 2.82. The van der Waals surface area contributed by atoms with Crippen molar-refractivity contribution in [3.63, 3.8) is 0 Å². The summed E-state index contributed by atoms with van der Waals surface area (Å²) in [6, 6.07) is 5.70. The van der Waals surface area contributed by atoms with Gasteiger partial charge in [-0.3, -0.25) is 9.10 Å². The number of benzene rings is 1. The Morgan fingerprint density at radius 3 is 2.76 bits per heavy atom. The predicted octanol–water partition coefficient (Wildman–Crippen LogP) is 0.738. The first-order valence-electron chi connectivity index (χ1n) is 5.31. The lowest BCUT2D eigenvalue weighted by atomic mass is 10.1.